The van der Waals surface area contributed by atoms with Crippen LogP contribution in [-0.4, -0.2) is 16.0 Å². The van der Waals surface area contributed by atoms with Crippen LogP contribution in [0.3, 0.4) is 0 Å². The van der Waals surface area contributed by atoms with E-state index in [0.29, 0.717) is 0 Å². The van der Waals surface area contributed by atoms with Crippen molar-refractivity contribution in [3.63, 3.8) is 0 Å². The van der Waals surface area contributed by atoms with E-state index >= 15 is 0 Å². The largest absolute Gasteiger partial charge is 0.363 e. The molecule has 0 saturated heterocycles. The second-order valence-electron chi connectivity index (χ2n) is 6.97. The van der Waals surface area contributed by atoms with Crippen LogP contribution in [0.4, 0.5) is 13.2 Å². The van der Waals surface area contributed by atoms with Crippen molar-refractivity contribution in [2.24, 2.45) is 4.99 Å². The molecule has 0 atom stereocenters. The standard InChI is InChI=1S/C23H17F3N4O/c1-14-7-8-27-21(12-28-14)16-4-2-3-15(9-16)13-30-22(31)6-5-20(29-30)17-10-18(24)23(26)19(25)11-17/h2-12,28H,13H2,1H3. The van der Waals surface area contributed by atoms with E-state index in [2.05, 4.69) is 15.4 Å². The number of nitrogens with one attached hydrogen (secondary N) is 1. The number of aromatic nitrogens is 2. The van der Waals surface area contributed by atoms with E-state index in [1.165, 1.54) is 16.8 Å². The molecular weight excluding hydrogens is 405 g/mol. The van der Waals surface area contributed by atoms with E-state index in [1.807, 2.05) is 37.3 Å². The third kappa shape index (κ3) is 4.48. The lowest BCUT2D eigenvalue weighted by Crippen LogP contribution is -2.23. The Balaban J connectivity index is 1.65. The molecule has 3 aromatic rings. The molecule has 0 bridgehead atoms. The Morgan fingerprint density at radius 1 is 1.00 bits per heavy atom. The first-order chi connectivity index (χ1) is 14.9. The summed E-state index contributed by atoms with van der Waals surface area (Å²) in [7, 11) is 0. The van der Waals surface area contributed by atoms with Gasteiger partial charge in [0.1, 0.15) is 0 Å². The van der Waals surface area contributed by atoms with E-state index in [4.69, 9.17) is 0 Å². The number of nitrogens with zero attached hydrogens (tertiary/aromatic N) is 3. The van der Waals surface area contributed by atoms with E-state index in [9.17, 15) is 18.0 Å². The Morgan fingerprint density at radius 2 is 1.77 bits per heavy atom. The van der Waals surface area contributed by atoms with E-state index < -0.39 is 17.5 Å². The third-order valence-corrected chi connectivity index (χ3v) is 4.68. The van der Waals surface area contributed by atoms with Gasteiger partial charge in [0.05, 0.1) is 17.9 Å². The van der Waals surface area contributed by atoms with Crippen LogP contribution in [0, 0.1) is 17.5 Å². The maximum atomic E-state index is 13.6. The first-order valence-corrected chi connectivity index (χ1v) is 9.41. The van der Waals surface area contributed by atoms with Gasteiger partial charge in [0.25, 0.3) is 5.56 Å². The number of hydrogen-bond acceptors (Lipinski definition) is 4. The number of benzene rings is 2. The Kier molecular flexibility index (Phi) is 5.53. The highest BCUT2D eigenvalue weighted by Crippen LogP contribution is 2.22. The van der Waals surface area contributed by atoms with E-state index in [0.717, 1.165) is 34.7 Å². The molecule has 0 unspecified atom stereocenters. The van der Waals surface area contributed by atoms with Crippen LogP contribution in [0.25, 0.3) is 17.0 Å². The Hall–Kier alpha value is -3.94. The lowest BCUT2D eigenvalue weighted by molar-refractivity contribution is 0.447. The zero-order valence-electron chi connectivity index (χ0n) is 16.4. The molecule has 0 radical (unpaired) electrons. The first kappa shape index (κ1) is 20.3. The molecule has 4 rings (SSSR count). The van der Waals surface area contributed by atoms with Crippen LogP contribution < -0.4 is 10.9 Å². The fourth-order valence-electron chi connectivity index (χ4n) is 3.08. The predicted octanol–water partition coefficient (Wildman–Crippen LogP) is 4.25. The van der Waals surface area contributed by atoms with Gasteiger partial charge in [0.2, 0.25) is 0 Å². The van der Waals surface area contributed by atoms with E-state index in [1.54, 1.807) is 12.4 Å². The fourth-order valence-corrected chi connectivity index (χ4v) is 3.08. The minimum absolute atomic E-state index is 0.0331. The highest BCUT2D eigenvalue weighted by molar-refractivity contribution is 5.81. The van der Waals surface area contributed by atoms with Gasteiger partial charge < -0.3 is 5.32 Å². The fraction of sp³-hybridized carbons (Fsp3) is 0.0870. The molecule has 0 amide bonds. The third-order valence-electron chi connectivity index (χ3n) is 4.68. The van der Waals surface area contributed by atoms with Crippen LogP contribution in [0.15, 0.2) is 76.3 Å². The summed E-state index contributed by atoms with van der Waals surface area (Å²) in [6.07, 6.45) is 5.34. The Labute approximate surface area is 175 Å². The van der Waals surface area contributed by atoms with Crippen LogP contribution in [0.2, 0.25) is 0 Å². The molecule has 1 aliphatic heterocycles. The highest BCUT2D eigenvalue weighted by Gasteiger charge is 2.13. The van der Waals surface area contributed by atoms with Crippen molar-refractivity contribution in [3.05, 3.63) is 105 Å². The summed E-state index contributed by atoms with van der Waals surface area (Å²) < 4.78 is 41.6. The zero-order valence-corrected chi connectivity index (χ0v) is 16.4. The molecule has 2 heterocycles. The monoisotopic (exact) mass is 422 g/mol. The average molecular weight is 422 g/mol. The molecule has 0 fully saturated rings. The van der Waals surface area contributed by atoms with Gasteiger partial charge in [-0.05, 0) is 42.8 Å². The molecule has 1 aromatic heterocycles. The van der Waals surface area contributed by atoms with Gasteiger partial charge in [-0.1, -0.05) is 18.2 Å². The van der Waals surface area contributed by atoms with Crippen LogP contribution in [-0.2, 0) is 6.54 Å². The summed E-state index contributed by atoms with van der Waals surface area (Å²) in [6, 6.07) is 11.7. The molecule has 1 N–H and O–H groups in total. The quantitative estimate of drug-likeness (QED) is 0.640. The molecule has 8 heteroatoms. The van der Waals surface area contributed by atoms with Gasteiger partial charge in [0.15, 0.2) is 17.5 Å². The SMILES string of the molecule is CC1=CC=NC(c2cccc(Cn3nc(-c4cc(F)c(F)c(F)c4)ccc3=O)c2)=CN1. The molecule has 0 saturated carbocycles. The van der Waals surface area contributed by atoms with E-state index in [-0.39, 0.29) is 23.4 Å². The average Bonchev–Trinajstić information content (AvgIpc) is 2.98. The lowest BCUT2D eigenvalue weighted by atomic mass is 10.1. The first-order valence-electron chi connectivity index (χ1n) is 9.41. The zero-order chi connectivity index (χ0) is 22.0. The normalized spacial score (nSPS) is 13.3. The summed E-state index contributed by atoms with van der Waals surface area (Å²) in [5, 5.41) is 7.33. The van der Waals surface area contributed by atoms with Crippen molar-refractivity contribution in [3.8, 4) is 11.3 Å². The second kappa shape index (κ2) is 8.43. The van der Waals surface area contributed by atoms with Crippen molar-refractivity contribution in [2.45, 2.75) is 13.5 Å². The van der Waals surface area contributed by atoms with Crippen LogP contribution >= 0.6 is 0 Å². The predicted molar refractivity (Wildman–Crippen MR) is 113 cm³/mol. The number of halogens is 3. The number of aliphatic imine (C=N–C) groups is 1. The highest BCUT2D eigenvalue weighted by atomic mass is 19.2. The summed E-state index contributed by atoms with van der Waals surface area (Å²) in [5.41, 5.74) is 3.10. The topological polar surface area (TPSA) is 59.3 Å². The number of rotatable bonds is 4. The molecule has 0 aliphatic carbocycles. The van der Waals surface area contributed by atoms with Crippen molar-refractivity contribution < 1.29 is 13.2 Å². The number of allylic oxidation sites excluding steroid dienone is 2. The molecule has 5 nitrogen and oxygen atoms in total. The molecule has 2 aromatic carbocycles. The molecule has 31 heavy (non-hydrogen) atoms. The van der Waals surface area contributed by atoms with Crippen molar-refractivity contribution in [2.75, 3.05) is 0 Å². The molecule has 1 aliphatic rings. The van der Waals surface area contributed by atoms with Crippen molar-refractivity contribution in [1.29, 1.82) is 0 Å². The summed E-state index contributed by atoms with van der Waals surface area (Å²) >= 11 is 0. The van der Waals surface area contributed by atoms with Crippen LogP contribution in [0.5, 0.6) is 0 Å². The smallest absolute Gasteiger partial charge is 0.267 e. The van der Waals surface area contributed by atoms with Crippen molar-refractivity contribution >= 4 is 11.9 Å². The summed E-state index contributed by atoms with van der Waals surface area (Å²) in [5.74, 6) is -4.19. The van der Waals surface area contributed by atoms with Gasteiger partial charge in [-0.15, -0.1) is 0 Å². The second-order valence-corrected chi connectivity index (χ2v) is 6.97. The minimum Gasteiger partial charge on any atom is -0.363 e. The van der Waals surface area contributed by atoms with Gasteiger partial charge in [-0.25, -0.2) is 17.9 Å². The minimum atomic E-state index is -1.55. The molecule has 156 valence electrons. The van der Waals surface area contributed by atoms with Gasteiger partial charge >= 0.3 is 0 Å². The summed E-state index contributed by atoms with van der Waals surface area (Å²) in [4.78, 5) is 16.7. The lowest BCUT2D eigenvalue weighted by Gasteiger charge is -2.10. The molecular formula is C23H17F3N4O. The Bertz CT molecular complexity index is 1290. The van der Waals surface area contributed by atoms with Gasteiger partial charge in [-0.3, -0.25) is 9.79 Å². The van der Waals surface area contributed by atoms with Crippen LogP contribution in [0.1, 0.15) is 18.1 Å². The maximum absolute atomic E-state index is 13.6. The maximum Gasteiger partial charge on any atom is 0.267 e. The summed E-state index contributed by atoms with van der Waals surface area (Å²) in [6.45, 7) is 2.06. The number of hydrogen-bond donors (Lipinski definition) is 1. The molecule has 0 spiro atoms. The Morgan fingerprint density at radius 3 is 2.55 bits per heavy atom. The van der Waals surface area contributed by atoms with Gasteiger partial charge in [-0.2, -0.15) is 5.10 Å². The van der Waals surface area contributed by atoms with Gasteiger partial charge in [0, 0.05) is 35.3 Å². The van der Waals surface area contributed by atoms with Crippen molar-refractivity contribution in [1.82, 2.24) is 15.1 Å².